The van der Waals surface area contributed by atoms with E-state index < -0.39 is 0 Å². The van der Waals surface area contributed by atoms with Crippen molar-refractivity contribution in [1.29, 1.82) is 0 Å². The molecular formula is C11H12BrN3O. The molecule has 0 saturated heterocycles. The molecule has 4 nitrogen and oxygen atoms in total. The van der Waals surface area contributed by atoms with Crippen molar-refractivity contribution in [3.8, 4) is 0 Å². The van der Waals surface area contributed by atoms with Crippen molar-refractivity contribution in [3.05, 3.63) is 40.7 Å². The lowest BCUT2D eigenvalue weighted by Gasteiger charge is -2.01. The van der Waals surface area contributed by atoms with Crippen molar-refractivity contribution in [3.63, 3.8) is 0 Å². The third kappa shape index (κ3) is 2.62. The van der Waals surface area contributed by atoms with Gasteiger partial charge in [0.25, 0.3) is 6.01 Å². The highest BCUT2D eigenvalue weighted by atomic mass is 79.9. The summed E-state index contributed by atoms with van der Waals surface area (Å²) in [6.07, 6.45) is 1.56. The van der Waals surface area contributed by atoms with Crippen LogP contribution in [-0.4, -0.2) is 4.98 Å². The van der Waals surface area contributed by atoms with Gasteiger partial charge in [-0.05, 0) is 25.1 Å². The van der Waals surface area contributed by atoms with Crippen molar-refractivity contribution < 1.29 is 4.42 Å². The molecule has 0 aliphatic rings. The summed E-state index contributed by atoms with van der Waals surface area (Å²) in [5.41, 5.74) is 7.33. The summed E-state index contributed by atoms with van der Waals surface area (Å²) in [6.45, 7) is 1.86. The molecule has 2 rings (SSSR count). The number of oxazole rings is 1. The fourth-order valence-electron chi connectivity index (χ4n) is 1.24. The summed E-state index contributed by atoms with van der Waals surface area (Å²) < 4.78 is 6.25. The van der Waals surface area contributed by atoms with Gasteiger partial charge >= 0.3 is 0 Å². The molecule has 1 aromatic carbocycles. The van der Waals surface area contributed by atoms with Crippen LogP contribution >= 0.6 is 15.9 Å². The number of nitrogens with one attached hydrogen (secondary N) is 1. The van der Waals surface area contributed by atoms with Gasteiger partial charge in [-0.2, -0.15) is 4.98 Å². The topological polar surface area (TPSA) is 64.1 Å². The Bertz CT molecular complexity index is 482. The largest absolute Gasteiger partial charge is 0.432 e. The van der Waals surface area contributed by atoms with E-state index in [4.69, 9.17) is 10.2 Å². The minimum absolute atomic E-state index is 0.123. The molecule has 1 aromatic heterocycles. The summed E-state index contributed by atoms with van der Waals surface area (Å²) in [5, 5.41) is 3.06. The standard InChI is InChI=1S/C11H12BrN3O/c1-7(13)10-6-16-11(15-10)14-9-4-2-3-8(12)5-9/h2-7H,13H2,1H3,(H,14,15). The van der Waals surface area contributed by atoms with E-state index in [9.17, 15) is 0 Å². The zero-order chi connectivity index (χ0) is 11.5. The van der Waals surface area contributed by atoms with Crippen LogP contribution in [0.4, 0.5) is 11.7 Å². The molecule has 1 atom stereocenters. The van der Waals surface area contributed by atoms with E-state index in [1.165, 1.54) is 0 Å². The fraction of sp³-hybridized carbons (Fsp3) is 0.182. The van der Waals surface area contributed by atoms with Crippen molar-refractivity contribution >= 4 is 27.6 Å². The Hall–Kier alpha value is -1.33. The maximum absolute atomic E-state index is 5.69. The highest BCUT2D eigenvalue weighted by Crippen LogP contribution is 2.21. The van der Waals surface area contributed by atoms with Gasteiger partial charge in [0.2, 0.25) is 0 Å². The summed E-state index contributed by atoms with van der Waals surface area (Å²) in [4.78, 5) is 4.22. The number of benzene rings is 1. The first kappa shape index (κ1) is 11.2. The molecule has 84 valence electrons. The van der Waals surface area contributed by atoms with E-state index in [-0.39, 0.29) is 6.04 Å². The summed E-state index contributed by atoms with van der Waals surface area (Å²) in [6, 6.07) is 8.08. The van der Waals surface area contributed by atoms with E-state index in [1.54, 1.807) is 6.26 Å². The molecule has 0 fully saturated rings. The molecule has 0 bridgehead atoms. The van der Waals surface area contributed by atoms with Crippen molar-refractivity contribution in [2.24, 2.45) is 5.73 Å². The van der Waals surface area contributed by atoms with E-state index in [0.717, 1.165) is 15.9 Å². The number of nitrogens with two attached hydrogens (primary N) is 1. The first-order valence-corrected chi connectivity index (χ1v) is 5.68. The molecule has 0 aliphatic carbocycles. The van der Waals surface area contributed by atoms with E-state index >= 15 is 0 Å². The molecule has 5 heteroatoms. The zero-order valence-corrected chi connectivity index (χ0v) is 10.4. The van der Waals surface area contributed by atoms with Gasteiger partial charge in [-0.15, -0.1) is 0 Å². The summed E-state index contributed by atoms with van der Waals surface area (Å²) >= 11 is 3.39. The predicted molar refractivity (Wildman–Crippen MR) is 66.5 cm³/mol. The van der Waals surface area contributed by atoms with E-state index in [2.05, 4.69) is 26.2 Å². The highest BCUT2D eigenvalue weighted by molar-refractivity contribution is 9.10. The molecule has 1 heterocycles. The van der Waals surface area contributed by atoms with Crippen LogP contribution in [0.3, 0.4) is 0 Å². The number of halogens is 1. The summed E-state index contributed by atoms with van der Waals surface area (Å²) in [5.74, 6) is 0. The molecule has 2 aromatic rings. The normalized spacial score (nSPS) is 12.4. The first-order valence-electron chi connectivity index (χ1n) is 4.89. The Labute approximate surface area is 102 Å². The first-order chi connectivity index (χ1) is 7.65. The Kier molecular flexibility index (Phi) is 3.26. The lowest BCUT2D eigenvalue weighted by atomic mass is 10.3. The molecule has 0 amide bonds. The molecular weight excluding hydrogens is 270 g/mol. The minimum atomic E-state index is -0.123. The molecule has 1 unspecified atom stereocenters. The Balaban J connectivity index is 2.14. The zero-order valence-electron chi connectivity index (χ0n) is 8.77. The third-order valence-electron chi connectivity index (χ3n) is 2.06. The predicted octanol–water partition coefficient (Wildman–Crippen LogP) is 3.20. The Morgan fingerprint density at radius 1 is 1.50 bits per heavy atom. The van der Waals surface area contributed by atoms with E-state index in [1.807, 2.05) is 31.2 Å². The Morgan fingerprint density at radius 3 is 2.94 bits per heavy atom. The fourth-order valence-corrected chi connectivity index (χ4v) is 1.64. The average Bonchev–Trinajstić information content (AvgIpc) is 2.66. The molecule has 3 N–H and O–H groups in total. The van der Waals surface area contributed by atoms with Gasteiger partial charge in [0.05, 0.1) is 5.69 Å². The summed E-state index contributed by atoms with van der Waals surface area (Å²) in [7, 11) is 0. The molecule has 0 spiro atoms. The molecule has 16 heavy (non-hydrogen) atoms. The van der Waals surface area contributed by atoms with Gasteiger partial charge in [-0.25, -0.2) is 0 Å². The van der Waals surface area contributed by atoms with Gasteiger partial charge in [0.15, 0.2) is 0 Å². The van der Waals surface area contributed by atoms with Crippen molar-refractivity contribution in [2.75, 3.05) is 5.32 Å². The second-order valence-electron chi connectivity index (χ2n) is 3.50. The number of aromatic nitrogens is 1. The lowest BCUT2D eigenvalue weighted by molar-refractivity contribution is 0.573. The van der Waals surface area contributed by atoms with Gasteiger partial charge < -0.3 is 15.5 Å². The monoisotopic (exact) mass is 281 g/mol. The van der Waals surface area contributed by atoms with Crippen LogP contribution in [0.1, 0.15) is 18.7 Å². The number of rotatable bonds is 3. The van der Waals surface area contributed by atoms with Crippen molar-refractivity contribution in [2.45, 2.75) is 13.0 Å². The number of anilines is 2. The number of nitrogens with zero attached hydrogens (tertiary/aromatic N) is 1. The van der Waals surface area contributed by atoms with E-state index in [0.29, 0.717) is 6.01 Å². The van der Waals surface area contributed by atoms with Crippen LogP contribution in [0.5, 0.6) is 0 Å². The maximum atomic E-state index is 5.69. The van der Waals surface area contributed by atoms with Crippen LogP contribution in [-0.2, 0) is 0 Å². The van der Waals surface area contributed by atoms with Crippen LogP contribution < -0.4 is 11.1 Å². The van der Waals surface area contributed by atoms with Crippen LogP contribution in [0.2, 0.25) is 0 Å². The Morgan fingerprint density at radius 2 is 2.31 bits per heavy atom. The van der Waals surface area contributed by atoms with Gasteiger partial charge in [0, 0.05) is 16.2 Å². The third-order valence-corrected chi connectivity index (χ3v) is 2.56. The van der Waals surface area contributed by atoms with Gasteiger partial charge in [0.1, 0.15) is 6.26 Å². The molecule has 0 radical (unpaired) electrons. The lowest BCUT2D eigenvalue weighted by Crippen LogP contribution is -2.05. The maximum Gasteiger partial charge on any atom is 0.299 e. The second-order valence-corrected chi connectivity index (χ2v) is 4.42. The molecule has 0 saturated carbocycles. The SMILES string of the molecule is CC(N)c1coc(Nc2cccc(Br)c2)n1. The average molecular weight is 282 g/mol. The van der Waals surface area contributed by atoms with Crippen molar-refractivity contribution in [1.82, 2.24) is 4.98 Å². The second kappa shape index (κ2) is 4.67. The molecule has 0 aliphatic heterocycles. The van der Waals surface area contributed by atoms with Crippen LogP contribution in [0.15, 0.2) is 39.4 Å². The highest BCUT2D eigenvalue weighted by Gasteiger charge is 2.07. The van der Waals surface area contributed by atoms with Crippen LogP contribution in [0, 0.1) is 0 Å². The number of hydrogen-bond donors (Lipinski definition) is 2. The number of hydrogen-bond acceptors (Lipinski definition) is 4. The quantitative estimate of drug-likeness (QED) is 0.907. The van der Waals surface area contributed by atoms with Gasteiger partial charge in [-0.1, -0.05) is 22.0 Å². The smallest absolute Gasteiger partial charge is 0.299 e. The van der Waals surface area contributed by atoms with Crippen LogP contribution in [0.25, 0.3) is 0 Å². The van der Waals surface area contributed by atoms with Gasteiger partial charge in [-0.3, -0.25) is 0 Å². The minimum Gasteiger partial charge on any atom is -0.432 e.